The van der Waals surface area contributed by atoms with E-state index in [0.29, 0.717) is 13.1 Å². The monoisotopic (exact) mass is 288 g/mol. The minimum absolute atomic E-state index is 0.0377. The Labute approximate surface area is 124 Å². The van der Waals surface area contributed by atoms with Crippen molar-refractivity contribution in [2.45, 2.75) is 25.9 Å². The number of carboxylic acid groups (broad SMARTS) is 1. The van der Waals surface area contributed by atoms with Crippen LogP contribution in [0, 0.1) is 0 Å². The number of nitrogens with one attached hydrogen (secondary N) is 1. The van der Waals surface area contributed by atoms with Crippen LogP contribution in [0.5, 0.6) is 0 Å². The van der Waals surface area contributed by atoms with Crippen molar-refractivity contribution in [3.8, 4) is 0 Å². The third-order valence-electron chi connectivity index (χ3n) is 3.76. The topological polar surface area (TPSA) is 69.6 Å². The van der Waals surface area contributed by atoms with E-state index in [1.54, 1.807) is 6.08 Å². The zero-order valence-corrected chi connectivity index (χ0v) is 12.3. The second kappa shape index (κ2) is 6.10. The van der Waals surface area contributed by atoms with Crippen LogP contribution in [0.15, 0.2) is 30.3 Å². The quantitative estimate of drug-likeness (QED) is 0.824. The number of piperazine rings is 1. The van der Waals surface area contributed by atoms with Gasteiger partial charge in [-0.15, -0.1) is 0 Å². The molecule has 0 aliphatic carbocycles. The van der Waals surface area contributed by atoms with E-state index in [4.69, 9.17) is 5.11 Å². The van der Waals surface area contributed by atoms with E-state index in [-0.39, 0.29) is 5.91 Å². The van der Waals surface area contributed by atoms with Crippen molar-refractivity contribution in [3.63, 3.8) is 0 Å². The second-order valence-electron chi connectivity index (χ2n) is 5.65. The van der Waals surface area contributed by atoms with Gasteiger partial charge < -0.3 is 10.4 Å². The Hall–Kier alpha value is -2.14. The average Bonchev–Trinajstić information content (AvgIpc) is 2.43. The van der Waals surface area contributed by atoms with Gasteiger partial charge >= 0.3 is 5.97 Å². The van der Waals surface area contributed by atoms with Gasteiger partial charge in [-0.3, -0.25) is 9.69 Å². The van der Waals surface area contributed by atoms with E-state index < -0.39 is 11.5 Å². The van der Waals surface area contributed by atoms with Crippen molar-refractivity contribution < 1.29 is 14.7 Å². The molecule has 0 aromatic heterocycles. The second-order valence-corrected chi connectivity index (χ2v) is 5.65. The summed E-state index contributed by atoms with van der Waals surface area (Å²) >= 11 is 0. The zero-order chi connectivity index (χ0) is 15.5. The third kappa shape index (κ3) is 3.70. The molecule has 0 spiro atoms. The van der Waals surface area contributed by atoms with Crippen LogP contribution in [0.3, 0.4) is 0 Å². The van der Waals surface area contributed by atoms with Gasteiger partial charge in [-0.25, -0.2) is 4.79 Å². The molecule has 0 unspecified atom stereocenters. The molecule has 2 rings (SSSR count). The first-order valence-corrected chi connectivity index (χ1v) is 6.93. The highest BCUT2D eigenvalue weighted by Gasteiger charge is 2.37. The lowest BCUT2D eigenvalue weighted by atomic mass is 9.97. The van der Waals surface area contributed by atoms with Crippen LogP contribution in [0.1, 0.15) is 25.0 Å². The highest BCUT2D eigenvalue weighted by molar-refractivity contribution is 5.86. The van der Waals surface area contributed by atoms with Crippen molar-refractivity contribution in [2.75, 3.05) is 13.1 Å². The molecule has 21 heavy (non-hydrogen) atoms. The van der Waals surface area contributed by atoms with Crippen molar-refractivity contribution >= 4 is 18.0 Å². The van der Waals surface area contributed by atoms with Gasteiger partial charge in [0.2, 0.25) is 5.91 Å². The molecule has 1 saturated heterocycles. The summed E-state index contributed by atoms with van der Waals surface area (Å²) in [6.07, 6.45) is 2.69. The fraction of sp³-hybridized carbons (Fsp3) is 0.375. The van der Waals surface area contributed by atoms with Crippen molar-refractivity contribution in [2.24, 2.45) is 0 Å². The maximum absolute atomic E-state index is 11.9. The summed E-state index contributed by atoms with van der Waals surface area (Å²) in [5, 5.41) is 11.5. The van der Waals surface area contributed by atoms with Crippen molar-refractivity contribution in [3.05, 3.63) is 41.5 Å². The minimum atomic E-state index is -0.964. The summed E-state index contributed by atoms with van der Waals surface area (Å²) in [5.74, 6) is -0.926. The highest BCUT2D eigenvalue weighted by Crippen LogP contribution is 2.21. The average molecular weight is 288 g/mol. The van der Waals surface area contributed by atoms with E-state index in [0.717, 1.165) is 23.7 Å². The number of carboxylic acids is 1. The highest BCUT2D eigenvalue weighted by atomic mass is 16.4. The number of hydrogen-bond acceptors (Lipinski definition) is 3. The molecular weight excluding hydrogens is 268 g/mol. The number of rotatable bonds is 4. The van der Waals surface area contributed by atoms with Gasteiger partial charge in [0, 0.05) is 25.7 Å². The SMILES string of the molecule is CC1(C)C(=O)NCCN1Cc1cccc(C=CC(=O)O)c1. The Morgan fingerprint density at radius 3 is 2.95 bits per heavy atom. The van der Waals surface area contributed by atoms with Crippen LogP contribution >= 0.6 is 0 Å². The van der Waals surface area contributed by atoms with Gasteiger partial charge in [-0.05, 0) is 31.1 Å². The van der Waals surface area contributed by atoms with E-state index in [1.807, 2.05) is 38.1 Å². The fourth-order valence-corrected chi connectivity index (χ4v) is 2.40. The normalized spacial score (nSPS) is 18.7. The Balaban J connectivity index is 2.14. The first-order valence-electron chi connectivity index (χ1n) is 6.93. The van der Waals surface area contributed by atoms with Gasteiger partial charge in [0.15, 0.2) is 0 Å². The predicted molar refractivity (Wildman–Crippen MR) is 80.6 cm³/mol. The molecule has 2 N–H and O–H groups in total. The Bertz CT molecular complexity index is 579. The molecule has 0 saturated carbocycles. The molecule has 1 aromatic rings. The summed E-state index contributed by atoms with van der Waals surface area (Å²) in [4.78, 5) is 24.6. The molecule has 1 amide bonds. The number of benzene rings is 1. The molecule has 0 bridgehead atoms. The lowest BCUT2D eigenvalue weighted by Gasteiger charge is -2.41. The number of carbonyl (C=O) groups excluding carboxylic acids is 1. The predicted octanol–water partition coefficient (Wildman–Crippen LogP) is 1.49. The van der Waals surface area contributed by atoms with Gasteiger partial charge in [0.05, 0.1) is 5.54 Å². The molecule has 1 fully saturated rings. The van der Waals surface area contributed by atoms with Crippen LogP contribution in [0.2, 0.25) is 0 Å². The van der Waals surface area contributed by atoms with E-state index in [2.05, 4.69) is 10.2 Å². The van der Waals surface area contributed by atoms with E-state index in [1.165, 1.54) is 0 Å². The van der Waals surface area contributed by atoms with Gasteiger partial charge in [0.1, 0.15) is 0 Å². The number of aliphatic carboxylic acids is 1. The Morgan fingerprint density at radius 1 is 1.48 bits per heavy atom. The van der Waals surface area contributed by atoms with Gasteiger partial charge in [0.25, 0.3) is 0 Å². The molecular formula is C16H20N2O3. The van der Waals surface area contributed by atoms with Crippen LogP contribution in [0.25, 0.3) is 6.08 Å². The summed E-state index contributed by atoms with van der Waals surface area (Å²) < 4.78 is 0. The van der Waals surface area contributed by atoms with Gasteiger partial charge in [-0.1, -0.05) is 24.3 Å². The maximum Gasteiger partial charge on any atom is 0.328 e. The van der Waals surface area contributed by atoms with Crippen molar-refractivity contribution in [1.82, 2.24) is 10.2 Å². The molecule has 5 nitrogen and oxygen atoms in total. The largest absolute Gasteiger partial charge is 0.478 e. The zero-order valence-electron chi connectivity index (χ0n) is 12.3. The van der Waals surface area contributed by atoms with Crippen LogP contribution in [0.4, 0.5) is 0 Å². The summed E-state index contributed by atoms with van der Waals surface area (Å²) in [7, 11) is 0. The summed E-state index contributed by atoms with van der Waals surface area (Å²) in [6.45, 7) is 5.94. The lowest BCUT2D eigenvalue weighted by Crippen LogP contribution is -2.61. The molecule has 1 heterocycles. The number of nitrogens with zero attached hydrogens (tertiary/aromatic N) is 1. The van der Waals surface area contributed by atoms with E-state index >= 15 is 0 Å². The number of hydrogen-bond donors (Lipinski definition) is 2. The lowest BCUT2D eigenvalue weighted by molar-refractivity contribution is -0.135. The Morgan fingerprint density at radius 2 is 2.24 bits per heavy atom. The molecule has 1 aliphatic heterocycles. The van der Waals surface area contributed by atoms with Crippen LogP contribution in [-0.4, -0.2) is 40.5 Å². The molecule has 0 atom stereocenters. The third-order valence-corrected chi connectivity index (χ3v) is 3.76. The molecule has 5 heteroatoms. The van der Waals surface area contributed by atoms with Crippen LogP contribution in [-0.2, 0) is 16.1 Å². The maximum atomic E-state index is 11.9. The van der Waals surface area contributed by atoms with Crippen molar-refractivity contribution in [1.29, 1.82) is 0 Å². The summed E-state index contributed by atoms with van der Waals surface area (Å²) in [6, 6.07) is 7.69. The molecule has 112 valence electrons. The first-order chi connectivity index (χ1) is 9.89. The van der Waals surface area contributed by atoms with E-state index in [9.17, 15) is 9.59 Å². The fourth-order valence-electron chi connectivity index (χ4n) is 2.40. The molecule has 1 aliphatic rings. The smallest absolute Gasteiger partial charge is 0.328 e. The first kappa shape index (κ1) is 15.3. The molecule has 0 radical (unpaired) electrons. The standard InChI is InChI=1S/C16H20N2O3/c1-16(2)15(21)17-8-9-18(16)11-13-5-3-4-12(10-13)6-7-14(19)20/h3-7,10H,8-9,11H2,1-2H3,(H,17,21)(H,19,20). The number of amides is 1. The van der Waals surface area contributed by atoms with Gasteiger partial charge in [-0.2, -0.15) is 0 Å². The molecule has 1 aromatic carbocycles. The summed E-state index contributed by atoms with van der Waals surface area (Å²) in [5.41, 5.74) is 1.37. The van der Waals surface area contributed by atoms with Crippen LogP contribution < -0.4 is 5.32 Å². The Kier molecular flexibility index (Phi) is 4.43. The minimum Gasteiger partial charge on any atom is -0.478 e. The number of carbonyl (C=O) groups is 2.